The zero-order valence-corrected chi connectivity index (χ0v) is 19.6. The standard InChI is InChI=1S/C25H29N3O3S/c1-18-9-8-12-23(19(18)2)27-32(30,31)22-15-13-21(14-16-22)25(29)26-17-24(28(3)4)20-10-6-5-7-11-20/h5-16,24,27H,17H2,1-4H3,(H,26,29)/t24-/m0/s1. The average molecular weight is 452 g/mol. The molecule has 7 heteroatoms. The number of carbonyl (C=O) groups is 1. The molecule has 6 nitrogen and oxygen atoms in total. The minimum atomic E-state index is -3.76. The molecule has 3 aromatic rings. The zero-order chi connectivity index (χ0) is 23.3. The van der Waals surface area contributed by atoms with Crippen molar-refractivity contribution in [2.45, 2.75) is 24.8 Å². The van der Waals surface area contributed by atoms with Gasteiger partial charge in [0.1, 0.15) is 0 Å². The van der Waals surface area contributed by atoms with Crippen molar-refractivity contribution >= 4 is 21.6 Å². The summed E-state index contributed by atoms with van der Waals surface area (Å²) in [6.07, 6.45) is 0. The molecule has 0 spiro atoms. The maximum Gasteiger partial charge on any atom is 0.261 e. The van der Waals surface area contributed by atoms with Gasteiger partial charge in [-0.3, -0.25) is 9.52 Å². The van der Waals surface area contributed by atoms with Crippen LogP contribution in [0, 0.1) is 13.8 Å². The van der Waals surface area contributed by atoms with E-state index in [9.17, 15) is 13.2 Å². The number of aryl methyl sites for hydroxylation is 1. The molecule has 0 unspecified atom stereocenters. The Labute approximate surface area is 190 Å². The van der Waals surface area contributed by atoms with Crippen molar-refractivity contribution in [1.29, 1.82) is 0 Å². The molecule has 0 radical (unpaired) electrons. The molecule has 3 rings (SSSR count). The number of nitrogens with one attached hydrogen (secondary N) is 2. The van der Waals surface area contributed by atoms with Gasteiger partial charge in [0.05, 0.1) is 16.6 Å². The van der Waals surface area contributed by atoms with Gasteiger partial charge in [0, 0.05) is 12.1 Å². The SMILES string of the molecule is Cc1cccc(NS(=O)(=O)c2ccc(C(=O)NC[C@@H](c3ccccc3)N(C)C)cc2)c1C. The third-order valence-electron chi connectivity index (χ3n) is 5.54. The van der Waals surface area contributed by atoms with Crippen LogP contribution in [0.1, 0.15) is 33.1 Å². The molecule has 0 heterocycles. The summed E-state index contributed by atoms with van der Waals surface area (Å²) in [5.74, 6) is -0.251. The van der Waals surface area contributed by atoms with E-state index < -0.39 is 10.0 Å². The van der Waals surface area contributed by atoms with Crippen LogP contribution in [0.5, 0.6) is 0 Å². The van der Waals surface area contributed by atoms with E-state index in [-0.39, 0.29) is 16.8 Å². The van der Waals surface area contributed by atoms with Crippen LogP contribution in [0.15, 0.2) is 77.7 Å². The third kappa shape index (κ3) is 5.55. The summed E-state index contributed by atoms with van der Waals surface area (Å²) in [6, 6.07) is 21.4. The Bertz CT molecular complexity index is 1170. The first kappa shape index (κ1) is 23.5. The van der Waals surface area contributed by atoms with Gasteiger partial charge in [-0.25, -0.2) is 8.42 Å². The van der Waals surface area contributed by atoms with Crippen molar-refractivity contribution in [2.24, 2.45) is 0 Å². The van der Waals surface area contributed by atoms with Crippen molar-refractivity contribution in [1.82, 2.24) is 10.2 Å². The number of hydrogen-bond acceptors (Lipinski definition) is 4. The quantitative estimate of drug-likeness (QED) is 0.540. The lowest BCUT2D eigenvalue weighted by Gasteiger charge is -2.25. The fraction of sp³-hybridized carbons (Fsp3) is 0.240. The zero-order valence-electron chi connectivity index (χ0n) is 18.8. The molecule has 1 atom stereocenters. The van der Waals surface area contributed by atoms with E-state index in [0.29, 0.717) is 17.8 Å². The Kier molecular flexibility index (Phi) is 7.33. The van der Waals surface area contributed by atoms with Crippen molar-refractivity contribution in [3.63, 3.8) is 0 Å². The molecular formula is C25H29N3O3S. The lowest BCUT2D eigenvalue weighted by Crippen LogP contribution is -2.34. The number of hydrogen-bond donors (Lipinski definition) is 2. The molecule has 0 aliphatic rings. The molecule has 0 aromatic heterocycles. The molecule has 0 bridgehead atoms. The summed E-state index contributed by atoms with van der Waals surface area (Å²) >= 11 is 0. The van der Waals surface area contributed by atoms with Gasteiger partial charge >= 0.3 is 0 Å². The molecule has 3 aromatic carbocycles. The number of carbonyl (C=O) groups excluding carboxylic acids is 1. The maximum absolute atomic E-state index is 12.8. The van der Waals surface area contributed by atoms with Gasteiger partial charge in [-0.15, -0.1) is 0 Å². The molecule has 168 valence electrons. The van der Waals surface area contributed by atoms with Crippen LogP contribution in [0.2, 0.25) is 0 Å². The number of benzene rings is 3. The second-order valence-electron chi connectivity index (χ2n) is 7.98. The number of anilines is 1. The fourth-order valence-electron chi connectivity index (χ4n) is 3.42. The van der Waals surface area contributed by atoms with Crippen LogP contribution in [-0.4, -0.2) is 39.9 Å². The van der Waals surface area contributed by atoms with Crippen LogP contribution < -0.4 is 10.0 Å². The highest BCUT2D eigenvalue weighted by atomic mass is 32.2. The lowest BCUT2D eigenvalue weighted by atomic mass is 10.1. The predicted octanol–water partition coefficient (Wildman–Crippen LogP) is 4.14. The largest absolute Gasteiger partial charge is 0.350 e. The monoisotopic (exact) mass is 451 g/mol. The Balaban J connectivity index is 1.69. The Morgan fingerprint density at radius 2 is 1.56 bits per heavy atom. The van der Waals surface area contributed by atoms with Gasteiger partial charge in [-0.2, -0.15) is 0 Å². The number of sulfonamides is 1. The molecular weight excluding hydrogens is 422 g/mol. The van der Waals surface area contributed by atoms with E-state index in [1.165, 1.54) is 24.3 Å². The Hall–Kier alpha value is -3.16. The molecule has 2 N–H and O–H groups in total. The van der Waals surface area contributed by atoms with E-state index in [1.54, 1.807) is 6.07 Å². The summed E-state index contributed by atoms with van der Waals surface area (Å²) in [7, 11) is 0.173. The van der Waals surface area contributed by atoms with Crippen LogP contribution in [-0.2, 0) is 10.0 Å². The second-order valence-corrected chi connectivity index (χ2v) is 9.66. The molecule has 0 aliphatic carbocycles. The van der Waals surface area contributed by atoms with Gasteiger partial charge < -0.3 is 10.2 Å². The smallest absolute Gasteiger partial charge is 0.261 e. The highest BCUT2D eigenvalue weighted by molar-refractivity contribution is 7.92. The highest BCUT2D eigenvalue weighted by Crippen LogP contribution is 2.22. The van der Waals surface area contributed by atoms with Gasteiger partial charge in [0.15, 0.2) is 0 Å². The van der Waals surface area contributed by atoms with Crippen molar-refractivity contribution in [3.05, 3.63) is 95.1 Å². The highest BCUT2D eigenvalue weighted by Gasteiger charge is 2.18. The number of likely N-dealkylation sites (N-methyl/N-ethyl adjacent to an activating group) is 1. The van der Waals surface area contributed by atoms with E-state index in [4.69, 9.17) is 0 Å². The summed E-state index contributed by atoms with van der Waals surface area (Å²) < 4.78 is 28.2. The minimum absolute atomic E-state index is 0.0292. The van der Waals surface area contributed by atoms with Crippen LogP contribution >= 0.6 is 0 Å². The predicted molar refractivity (Wildman–Crippen MR) is 128 cm³/mol. The molecule has 0 saturated carbocycles. The van der Waals surface area contributed by atoms with Gasteiger partial charge in [0.2, 0.25) is 0 Å². The first-order chi connectivity index (χ1) is 15.2. The van der Waals surface area contributed by atoms with Crippen molar-refractivity contribution in [2.75, 3.05) is 25.4 Å². The first-order valence-corrected chi connectivity index (χ1v) is 11.9. The normalized spacial score (nSPS) is 12.4. The first-order valence-electron chi connectivity index (χ1n) is 10.4. The van der Waals surface area contributed by atoms with Crippen LogP contribution in [0.3, 0.4) is 0 Å². The van der Waals surface area contributed by atoms with E-state index in [2.05, 4.69) is 10.0 Å². The summed E-state index contributed by atoms with van der Waals surface area (Å²) in [6.45, 7) is 4.24. The molecule has 0 aliphatic heterocycles. The van der Waals surface area contributed by atoms with Crippen LogP contribution in [0.25, 0.3) is 0 Å². The Morgan fingerprint density at radius 3 is 2.19 bits per heavy atom. The molecule has 0 fully saturated rings. The van der Waals surface area contributed by atoms with Crippen LogP contribution in [0.4, 0.5) is 5.69 Å². The third-order valence-corrected chi connectivity index (χ3v) is 6.92. The molecule has 1 amide bonds. The van der Waals surface area contributed by atoms with Gasteiger partial charge in [0.25, 0.3) is 15.9 Å². The molecule has 32 heavy (non-hydrogen) atoms. The second kappa shape index (κ2) is 9.97. The fourth-order valence-corrected chi connectivity index (χ4v) is 4.54. The van der Waals surface area contributed by atoms with E-state index >= 15 is 0 Å². The number of amides is 1. The number of nitrogens with zero attached hydrogens (tertiary/aromatic N) is 1. The topological polar surface area (TPSA) is 78.5 Å². The summed E-state index contributed by atoms with van der Waals surface area (Å²) in [5.41, 5.74) is 3.94. The minimum Gasteiger partial charge on any atom is -0.350 e. The average Bonchev–Trinajstić information content (AvgIpc) is 2.77. The Morgan fingerprint density at radius 1 is 0.906 bits per heavy atom. The van der Waals surface area contributed by atoms with Crippen molar-refractivity contribution < 1.29 is 13.2 Å². The van der Waals surface area contributed by atoms with E-state index in [0.717, 1.165) is 16.7 Å². The summed E-state index contributed by atoms with van der Waals surface area (Å²) in [5, 5.41) is 2.94. The van der Waals surface area contributed by atoms with Gasteiger partial charge in [-0.05, 0) is 75.0 Å². The van der Waals surface area contributed by atoms with Gasteiger partial charge in [-0.1, -0.05) is 42.5 Å². The number of rotatable bonds is 8. The van der Waals surface area contributed by atoms with Crippen molar-refractivity contribution in [3.8, 4) is 0 Å². The summed E-state index contributed by atoms with van der Waals surface area (Å²) in [4.78, 5) is 14.8. The van der Waals surface area contributed by atoms with E-state index in [1.807, 2.05) is 75.3 Å². The lowest BCUT2D eigenvalue weighted by molar-refractivity contribution is 0.0942. The molecule has 0 saturated heterocycles. The maximum atomic E-state index is 12.8.